The molecule has 0 radical (unpaired) electrons. The van der Waals surface area contributed by atoms with E-state index in [-0.39, 0.29) is 0 Å². The molecule has 0 saturated heterocycles. The van der Waals surface area contributed by atoms with E-state index in [4.69, 9.17) is 11.6 Å². The third kappa shape index (κ3) is 3.95. The van der Waals surface area contributed by atoms with E-state index in [2.05, 4.69) is 4.99 Å². The van der Waals surface area contributed by atoms with Crippen LogP contribution in [0, 0.1) is 0 Å². The fraction of sp³-hybridized carbons (Fsp3) is 0.300. The molecular formula is C10H13ClN2. The zero-order valence-electron chi connectivity index (χ0n) is 7.87. The first-order valence-corrected chi connectivity index (χ1v) is 4.47. The Labute approximate surface area is 83.8 Å². The molecule has 1 aromatic carbocycles. The summed E-state index contributed by atoms with van der Waals surface area (Å²) in [7, 11) is 3.90. The molecule has 70 valence electrons. The normalized spacial score (nSPS) is 10.7. The molecule has 0 atom stereocenters. The number of rotatable bonds is 3. The van der Waals surface area contributed by atoms with E-state index in [1.165, 1.54) is 5.56 Å². The Kier molecular flexibility index (Phi) is 3.77. The van der Waals surface area contributed by atoms with Crippen molar-refractivity contribution in [3.05, 3.63) is 34.9 Å². The standard InChI is InChI=1S/C10H13ClN2/c1-13(2)8-12-7-9-3-5-10(11)6-4-9/h3-6,8H,7H2,1-2H3. The van der Waals surface area contributed by atoms with E-state index in [1.54, 1.807) is 6.34 Å². The van der Waals surface area contributed by atoms with Crippen LogP contribution in [0.15, 0.2) is 29.3 Å². The van der Waals surface area contributed by atoms with Crippen LogP contribution in [0.3, 0.4) is 0 Å². The van der Waals surface area contributed by atoms with Crippen LogP contribution in [0.25, 0.3) is 0 Å². The highest BCUT2D eigenvalue weighted by Crippen LogP contribution is 2.09. The van der Waals surface area contributed by atoms with Crippen LogP contribution in [0.2, 0.25) is 5.02 Å². The van der Waals surface area contributed by atoms with Gasteiger partial charge in [-0.3, -0.25) is 4.99 Å². The van der Waals surface area contributed by atoms with Gasteiger partial charge in [0.2, 0.25) is 0 Å². The van der Waals surface area contributed by atoms with E-state index in [0.29, 0.717) is 6.54 Å². The first kappa shape index (κ1) is 10.1. The lowest BCUT2D eigenvalue weighted by Crippen LogP contribution is -2.07. The molecule has 0 aliphatic rings. The van der Waals surface area contributed by atoms with Crippen molar-refractivity contribution in [1.82, 2.24) is 4.90 Å². The van der Waals surface area contributed by atoms with Crippen molar-refractivity contribution in [3.63, 3.8) is 0 Å². The minimum absolute atomic E-state index is 0.704. The van der Waals surface area contributed by atoms with Gasteiger partial charge in [0.05, 0.1) is 12.9 Å². The van der Waals surface area contributed by atoms with Gasteiger partial charge in [0.1, 0.15) is 0 Å². The van der Waals surface area contributed by atoms with Gasteiger partial charge in [-0.1, -0.05) is 23.7 Å². The van der Waals surface area contributed by atoms with Crippen molar-refractivity contribution in [2.45, 2.75) is 6.54 Å². The van der Waals surface area contributed by atoms with E-state index < -0.39 is 0 Å². The molecule has 0 aliphatic heterocycles. The molecule has 2 nitrogen and oxygen atoms in total. The second kappa shape index (κ2) is 4.87. The molecule has 0 aliphatic carbocycles. The van der Waals surface area contributed by atoms with E-state index in [1.807, 2.05) is 43.3 Å². The quantitative estimate of drug-likeness (QED) is 0.536. The second-order valence-corrected chi connectivity index (χ2v) is 3.48. The van der Waals surface area contributed by atoms with Crippen molar-refractivity contribution in [1.29, 1.82) is 0 Å². The molecule has 0 amide bonds. The SMILES string of the molecule is CN(C)C=NCc1ccc(Cl)cc1. The van der Waals surface area contributed by atoms with Gasteiger partial charge in [-0.25, -0.2) is 0 Å². The molecule has 0 unspecified atom stereocenters. The van der Waals surface area contributed by atoms with Gasteiger partial charge in [0.15, 0.2) is 0 Å². The Morgan fingerprint density at radius 2 is 1.92 bits per heavy atom. The van der Waals surface area contributed by atoms with Crippen LogP contribution < -0.4 is 0 Å². The van der Waals surface area contributed by atoms with Crippen LogP contribution in [0.1, 0.15) is 5.56 Å². The van der Waals surface area contributed by atoms with E-state index in [9.17, 15) is 0 Å². The van der Waals surface area contributed by atoms with Crippen molar-refractivity contribution < 1.29 is 0 Å². The molecule has 0 spiro atoms. The predicted molar refractivity (Wildman–Crippen MR) is 57.3 cm³/mol. The summed E-state index contributed by atoms with van der Waals surface area (Å²) in [6, 6.07) is 7.72. The maximum Gasteiger partial charge on any atom is 0.0848 e. The van der Waals surface area contributed by atoms with E-state index in [0.717, 1.165) is 5.02 Å². The summed E-state index contributed by atoms with van der Waals surface area (Å²) in [4.78, 5) is 6.14. The monoisotopic (exact) mass is 196 g/mol. The third-order valence-corrected chi connectivity index (χ3v) is 1.75. The first-order chi connectivity index (χ1) is 6.18. The summed E-state index contributed by atoms with van der Waals surface area (Å²) in [5.41, 5.74) is 1.17. The Morgan fingerprint density at radius 1 is 1.31 bits per heavy atom. The van der Waals surface area contributed by atoms with Gasteiger partial charge in [-0.05, 0) is 17.7 Å². The zero-order valence-corrected chi connectivity index (χ0v) is 8.62. The van der Waals surface area contributed by atoms with Crippen LogP contribution in [0.5, 0.6) is 0 Å². The van der Waals surface area contributed by atoms with Crippen molar-refractivity contribution in [3.8, 4) is 0 Å². The number of hydrogen-bond acceptors (Lipinski definition) is 1. The first-order valence-electron chi connectivity index (χ1n) is 4.09. The molecule has 1 rings (SSSR count). The lowest BCUT2D eigenvalue weighted by atomic mass is 10.2. The Hall–Kier alpha value is -1.02. The smallest absolute Gasteiger partial charge is 0.0848 e. The third-order valence-electron chi connectivity index (χ3n) is 1.50. The van der Waals surface area contributed by atoms with Crippen LogP contribution in [0.4, 0.5) is 0 Å². The Balaban J connectivity index is 2.50. The minimum Gasteiger partial charge on any atom is -0.369 e. The molecular weight excluding hydrogens is 184 g/mol. The second-order valence-electron chi connectivity index (χ2n) is 3.05. The highest BCUT2D eigenvalue weighted by molar-refractivity contribution is 6.30. The average molecular weight is 197 g/mol. The lowest BCUT2D eigenvalue weighted by molar-refractivity contribution is 0.638. The van der Waals surface area contributed by atoms with Crippen LogP contribution >= 0.6 is 11.6 Å². The highest BCUT2D eigenvalue weighted by Gasteiger charge is 1.89. The van der Waals surface area contributed by atoms with Gasteiger partial charge < -0.3 is 4.90 Å². The topological polar surface area (TPSA) is 15.6 Å². The van der Waals surface area contributed by atoms with Crippen molar-refractivity contribution in [2.24, 2.45) is 4.99 Å². The summed E-state index contributed by atoms with van der Waals surface area (Å²) in [6.45, 7) is 0.704. The molecule has 0 saturated carbocycles. The number of benzene rings is 1. The Bertz CT molecular complexity index is 277. The molecule has 0 aromatic heterocycles. The van der Waals surface area contributed by atoms with Gasteiger partial charge >= 0.3 is 0 Å². The summed E-state index contributed by atoms with van der Waals surface area (Å²) < 4.78 is 0. The van der Waals surface area contributed by atoms with E-state index >= 15 is 0 Å². The summed E-state index contributed by atoms with van der Waals surface area (Å²) in [5, 5.41) is 0.764. The van der Waals surface area contributed by atoms with Crippen LogP contribution in [-0.4, -0.2) is 25.3 Å². The summed E-state index contributed by atoms with van der Waals surface area (Å²) in [5.74, 6) is 0. The molecule has 0 fully saturated rings. The maximum absolute atomic E-state index is 5.75. The number of halogens is 1. The van der Waals surface area contributed by atoms with Gasteiger partial charge in [-0.2, -0.15) is 0 Å². The fourth-order valence-corrected chi connectivity index (χ4v) is 1.03. The Morgan fingerprint density at radius 3 is 2.46 bits per heavy atom. The number of aliphatic imine (C=N–C) groups is 1. The fourth-order valence-electron chi connectivity index (χ4n) is 0.899. The van der Waals surface area contributed by atoms with Gasteiger partial charge in [0, 0.05) is 19.1 Å². The molecule has 0 heterocycles. The largest absolute Gasteiger partial charge is 0.369 e. The molecule has 0 bridgehead atoms. The number of hydrogen-bond donors (Lipinski definition) is 0. The predicted octanol–water partition coefficient (Wildman–Crippen LogP) is 2.43. The maximum atomic E-state index is 5.75. The average Bonchev–Trinajstić information content (AvgIpc) is 2.08. The summed E-state index contributed by atoms with van der Waals surface area (Å²) in [6.07, 6.45) is 1.80. The van der Waals surface area contributed by atoms with Crippen LogP contribution in [-0.2, 0) is 6.54 Å². The summed E-state index contributed by atoms with van der Waals surface area (Å²) >= 11 is 5.75. The van der Waals surface area contributed by atoms with Gasteiger partial charge in [-0.15, -0.1) is 0 Å². The molecule has 13 heavy (non-hydrogen) atoms. The van der Waals surface area contributed by atoms with Crippen molar-refractivity contribution >= 4 is 17.9 Å². The highest BCUT2D eigenvalue weighted by atomic mass is 35.5. The zero-order chi connectivity index (χ0) is 9.68. The van der Waals surface area contributed by atoms with Gasteiger partial charge in [0.25, 0.3) is 0 Å². The molecule has 0 N–H and O–H groups in total. The number of nitrogens with zero attached hydrogens (tertiary/aromatic N) is 2. The molecule has 3 heteroatoms. The lowest BCUT2D eigenvalue weighted by Gasteiger charge is -2.02. The van der Waals surface area contributed by atoms with Crippen molar-refractivity contribution in [2.75, 3.05) is 14.1 Å². The molecule has 1 aromatic rings. The minimum atomic E-state index is 0.704.